The summed E-state index contributed by atoms with van der Waals surface area (Å²) in [6.07, 6.45) is 1.02. The molecule has 0 unspecified atom stereocenters. The lowest BCUT2D eigenvalue weighted by Gasteiger charge is -2.38. The number of rotatable bonds is 10. The quantitative estimate of drug-likeness (QED) is 0.232. The smallest absolute Gasteiger partial charge is 0.317 e. The van der Waals surface area contributed by atoms with Crippen molar-refractivity contribution in [1.29, 1.82) is 5.41 Å². The van der Waals surface area contributed by atoms with Crippen LogP contribution in [0.3, 0.4) is 0 Å². The lowest BCUT2D eigenvalue weighted by Crippen LogP contribution is -2.65. The first kappa shape index (κ1) is 27.2. The third kappa shape index (κ3) is 5.67. The molecule has 1 aliphatic heterocycles. The number of carbonyl (C=O) groups is 3. The number of nitrogens with zero attached hydrogens (tertiary/aromatic N) is 2. The largest absolute Gasteiger partial charge is 0.480 e. The first-order valence-corrected chi connectivity index (χ1v) is 13.1. The van der Waals surface area contributed by atoms with Crippen LogP contribution in [-0.4, -0.2) is 59.4 Å². The van der Waals surface area contributed by atoms with E-state index in [0.717, 1.165) is 27.4 Å². The number of nitrogens with one attached hydrogen (secondary N) is 2. The van der Waals surface area contributed by atoms with E-state index in [-0.39, 0.29) is 18.2 Å². The Bertz CT molecular complexity index is 1270. The average molecular weight is 534 g/mol. The van der Waals surface area contributed by atoms with Gasteiger partial charge in [0.25, 0.3) is 5.91 Å². The number of aliphatic carboxylic acids is 1. The van der Waals surface area contributed by atoms with E-state index < -0.39 is 30.0 Å². The molecule has 38 heavy (non-hydrogen) atoms. The number of hydrogen-bond acceptors (Lipinski definition) is 7. The second-order valence-corrected chi connectivity index (χ2v) is 10.4. The standard InChI is InChI=1S/C28H31N5O4S/c1-32-16-8-15-28(32,31-18-25(35)36)27(37)33(24-14-13-22(38-24)26(29)30)23(34)17-21(19-9-4-2-5-10-19)20-11-6-3-7-12-20/h2-7,9-14,21,31H,8,15-18H2,1H3,(H3,29,30)(H,35,36)/t28-/m1/s1. The van der Waals surface area contributed by atoms with Crippen molar-refractivity contribution in [2.45, 2.75) is 30.8 Å². The van der Waals surface area contributed by atoms with Crippen LogP contribution < -0.4 is 16.0 Å². The lowest BCUT2D eigenvalue weighted by atomic mass is 9.88. The number of imide groups is 1. The molecule has 10 heteroatoms. The molecule has 0 saturated carbocycles. The van der Waals surface area contributed by atoms with Crippen molar-refractivity contribution in [3.63, 3.8) is 0 Å². The minimum atomic E-state index is -1.36. The third-order valence-electron chi connectivity index (χ3n) is 6.88. The molecule has 1 aliphatic rings. The number of nitrogens with two attached hydrogens (primary N) is 1. The maximum Gasteiger partial charge on any atom is 0.317 e. The van der Waals surface area contributed by atoms with Gasteiger partial charge in [-0.15, -0.1) is 11.3 Å². The molecule has 9 nitrogen and oxygen atoms in total. The highest BCUT2D eigenvalue weighted by molar-refractivity contribution is 7.18. The predicted molar refractivity (Wildman–Crippen MR) is 147 cm³/mol. The van der Waals surface area contributed by atoms with E-state index in [1.54, 1.807) is 24.1 Å². The Morgan fingerprint density at radius 3 is 2.16 bits per heavy atom. The Labute approximate surface area is 225 Å². The van der Waals surface area contributed by atoms with Crippen molar-refractivity contribution < 1.29 is 19.5 Å². The molecular formula is C28H31N5O4S. The number of amides is 2. The van der Waals surface area contributed by atoms with Crippen molar-refractivity contribution in [3.8, 4) is 0 Å². The molecule has 2 heterocycles. The third-order valence-corrected chi connectivity index (χ3v) is 7.99. The van der Waals surface area contributed by atoms with Crippen LogP contribution in [0.25, 0.3) is 0 Å². The van der Waals surface area contributed by atoms with E-state index in [2.05, 4.69) is 5.32 Å². The van der Waals surface area contributed by atoms with Crippen molar-refractivity contribution in [3.05, 3.63) is 88.8 Å². The zero-order valence-corrected chi connectivity index (χ0v) is 21.9. The van der Waals surface area contributed by atoms with Crippen LogP contribution in [0.1, 0.15) is 41.2 Å². The summed E-state index contributed by atoms with van der Waals surface area (Å²) < 4.78 is 0. The molecule has 0 radical (unpaired) electrons. The first-order chi connectivity index (χ1) is 18.2. The van der Waals surface area contributed by atoms with Gasteiger partial charge in [-0.25, -0.2) is 4.90 Å². The molecule has 1 atom stereocenters. The number of thiophene rings is 1. The minimum Gasteiger partial charge on any atom is -0.480 e. The fourth-order valence-electron chi connectivity index (χ4n) is 4.92. The molecule has 198 valence electrons. The van der Waals surface area contributed by atoms with Crippen molar-refractivity contribution in [1.82, 2.24) is 10.2 Å². The Balaban J connectivity index is 1.76. The van der Waals surface area contributed by atoms with Crippen LogP contribution in [-0.2, 0) is 14.4 Å². The fraction of sp³-hybridized carbons (Fsp3) is 0.286. The van der Waals surface area contributed by atoms with Gasteiger partial charge < -0.3 is 10.8 Å². The molecule has 3 aromatic rings. The first-order valence-electron chi connectivity index (χ1n) is 12.3. The highest BCUT2D eigenvalue weighted by Crippen LogP contribution is 2.36. The summed E-state index contributed by atoms with van der Waals surface area (Å²) in [7, 11) is 1.74. The Hall–Kier alpha value is -3.86. The van der Waals surface area contributed by atoms with E-state index in [0.29, 0.717) is 29.3 Å². The number of likely N-dealkylation sites (tertiary alicyclic amines) is 1. The highest BCUT2D eigenvalue weighted by atomic mass is 32.1. The van der Waals surface area contributed by atoms with Gasteiger partial charge in [-0.1, -0.05) is 60.7 Å². The molecule has 0 bridgehead atoms. The van der Waals surface area contributed by atoms with Crippen molar-refractivity contribution in [2.75, 3.05) is 25.0 Å². The number of carbonyl (C=O) groups excluding carboxylic acids is 2. The van der Waals surface area contributed by atoms with Crippen LogP contribution in [0.5, 0.6) is 0 Å². The number of benzene rings is 2. The molecule has 0 spiro atoms. The van der Waals surface area contributed by atoms with E-state index in [4.69, 9.17) is 11.1 Å². The number of hydrogen-bond donors (Lipinski definition) is 4. The number of amidine groups is 1. The van der Waals surface area contributed by atoms with Gasteiger partial charge >= 0.3 is 5.97 Å². The van der Waals surface area contributed by atoms with Gasteiger partial charge in [0.1, 0.15) is 10.8 Å². The Kier molecular flexibility index (Phi) is 8.35. The molecule has 4 rings (SSSR count). The minimum absolute atomic E-state index is 0.00575. The number of nitrogen functional groups attached to an aromatic ring is 1. The summed E-state index contributed by atoms with van der Waals surface area (Å²) >= 11 is 1.08. The van der Waals surface area contributed by atoms with E-state index >= 15 is 0 Å². The molecule has 2 amide bonds. The maximum absolute atomic E-state index is 14.3. The topological polar surface area (TPSA) is 140 Å². The molecule has 1 aromatic heterocycles. The molecular weight excluding hydrogens is 502 g/mol. The van der Waals surface area contributed by atoms with E-state index in [1.165, 1.54) is 0 Å². The highest BCUT2D eigenvalue weighted by Gasteiger charge is 2.50. The van der Waals surface area contributed by atoms with Gasteiger partial charge in [-0.3, -0.25) is 30.0 Å². The Morgan fingerprint density at radius 2 is 1.68 bits per heavy atom. The van der Waals surface area contributed by atoms with Crippen molar-refractivity contribution >= 4 is 40.0 Å². The maximum atomic E-state index is 14.3. The molecule has 1 fully saturated rings. The van der Waals surface area contributed by atoms with Gasteiger partial charge in [-0.05, 0) is 43.1 Å². The van der Waals surface area contributed by atoms with Crippen LogP contribution in [0.15, 0.2) is 72.8 Å². The summed E-state index contributed by atoms with van der Waals surface area (Å²) in [6, 6.07) is 22.5. The van der Waals surface area contributed by atoms with Crippen LogP contribution in [0.4, 0.5) is 5.00 Å². The zero-order chi connectivity index (χ0) is 27.3. The second kappa shape index (κ2) is 11.7. The zero-order valence-electron chi connectivity index (χ0n) is 21.1. The van der Waals surface area contributed by atoms with Crippen LogP contribution in [0, 0.1) is 5.41 Å². The molecule has 2 aromatic carbocycles. The van der Waals surface area contributed by atoms with Gasteiger partial charge in [0.2, 0.25) is 5.91 Å². The number of likely N-dealkylation sites (N-methyl/N-ethyl adjacent to an activating group) is 1. The summed E-state index contributed by atoms with van der Waals surface area (Å²) in [5.41, 5.74) is 6.20. The normalized spacial score (nSPS) is 17.4. The SMILES string of the molecule is CN1CCC[C@]1(NCC(=O)O)C(=O)N(C(=O)CC(c1ccccc1)c1ccccc1)c1ccc(C(=N)N)s1. The predicted octanol–water partition coefficient (Wildman–Crippen LogP) is 3.21. The monoisotopic (exact) mass is 533 g/mol. The fourth-order valence-corrected chi connectivity index (χ4v) is 5.81. The van der Waals surface area contributed by atoms with Crippen molar-refractivity contribution in [2.24, 2.45) is 5.73 Å². The number of carboxylic acids is 1. The van der Waals surface area contributed by atoms with Gasteiger partial charge in [-0.2, -0.15) is 0 Å². The van der Waals surface area contributed by atoms with Gasteiger partial charge in [0, 0.05) is 18.9 Å². The van der Waals surface area contributed by atoms with E-state index in [9.17, 15) is 19.5 Å². The van der Waals surface area contributed by atoms with Gasteiger partial charge in [0.15, 0.2) is 5.66 Å². The molecule has 5 N–H and O–H groups in total. The lowest BCUT2D eigenvalue weighted by molar-refractivity contribution is -0.138. The second-order valence-electron chi connectivity index (χ2n) is 9.30. The molecule has 1 saturated heterocycles. The van der Waals surface area contributed by atoms with Crippen LogP contribution >= 0.6 is 11.3 Å². The summed E-state index contributed by atoms with van der Waals surface area (Å²) in [4.78, 5) is 43.2. The summed E-state index contributed by atoms with van der Waals surface area (Å²) in [5, 5.41) is 20.4. The Morgan fingerprint density at radius 1 is 1.08 bits per heavy atom. The van der Waals surface area contributed by atoms with Crippen LogP contribution in [0.2, 0.25) is 0 Å². The number of carboxylic acid groups (broad SMARTS) is 1. The average Bonchev–Trinajstić information content (AvgIpc) is 3.55. The molecule has 0 aliphatic carbocycles. The van der Waals surface area contributed by atoms with Gasteiger partial charge in [0.05, 0.1) is 11.4 Å². The number of anilines is 1. The summed E-state index contributed by atoms with van der Waals surface area (Å²) in [5.74, 6) is -2.54. The summed E-state index contributed by atoms with van der Waals surface area (Å²) in [6.45, 7) is 0.137. The van der Waals surface area contributed by atoms with E-state index in [1.807, 2.05) is 60.7 Å².